The molecule has 1 N–H and O–H groups in total. The monoisotopic (exact) mass is 324 g/mol. The highest BCUT2D eigenvalue weighted by Gasteiger charge is 2.31. The molecular weight excluding hydrogens is 312 g/mol. The minimum atomic E-state index is -4.24. The number of carbonyl (C=O) groups is 1. The molecule has 1 aromatic carbocycles. The van der Waals surface area contributed by atoms with E-state index in [1.165, 1.54) is 18.3 Å². The van der Waals surface area contributed by atoms with Crippen LogP contribution in [0.5, 0.6) is 0 Å². The molecule has 0 unspecified atom stereocenters. The molecule has 22 heavy (non-hydrogen) atoms. The van der Waals surface area contributed by atoms with E-state index in [4.69, 9.17) is 4.74 Å². The molecule has 0 saturated carbocycles. The van der Waals surface area contributed by atoms with Gasteiger partial charge < -0.3 is 9.72 Å². The van der Waals surface area contributed by atoms with E-state index < -0.39 is 31.3 Å². The number of aromatic nitrogens is 1. The molecule has 8 nitrogen and oxygen atoms in total. The third-order valence-corrected chi connectivity index (χ3v) is 4.68. The standard InChI is InChI=1S/C13H12N2O6S/c1-2-21-13(16)9-7-14-8-12(9)22(19,20)11-6-4-3-5-10(11)15(17)18/h3-8,14H,2H2,1H3. The number of para-hydroxylation sites is 1. The summed E-state index contributed by atoms with van der Waals surface area (Å²) in [6.07, 6.45) is 2.28. The zero-order valence-electron chi connectivity index (χ0n) is 11.5. The molecule has 9 heteroatoms. The van der Waals surface area contributed by atoms with Gasteiger partial charge in [0.15, 0.2) is 0 Å². The minimum absolute atomic E-state index is 0.0784. The number of hydrogen-bond acceptors (Lipinski definition) is 6. The smallest absolute Gasteiger partial charge is 0.341 e. The topological polar surface area (TPSA) is 119 Å². The maximum atomic E-state index is 12.6. The molecule has 0 aliphatic carbocycles. The Morgan fingerprint density at radius 3 is 2.59 bits per heavy atom. The van der Waals surface area contributed by atoms with Crippen LogP contribution in [-0.4, -0.2) is 30.9 Å². The van der Waals surface area contributed by atoms with Crippen LogP contribution in [0.4, 0.5) is 5.69 Å². The Bertz CT molecular complexity index is 825. The first-order valence-electron chi connectivity index (χ1n) is 6.22. The summed E-state index contributed by atoms with van der Waals surface area (Å²) in [6, 6.07) is 4.94. The van der Waals surface area contributed by atoms with Crippen LogP contribution in [0.25, 0.3) is 0 Å². The molecule has 0 aliphatic heterocycles. The van der Waals surface area contributed by atoms with Crippen molar-refractivity contribution < 1.29 is 22.9 Å². The van der Waals surface area contributed by atoms with Gasteiger partial charge in [-0.05, 0) is 13.0 Å². The molecule has 2 rings (SSSR count). The predicted octanol–water partition coefficient (Wildman–Crippen LogP) is 1.93. The lowest BCUT2D eigenvalue weighted by molar-refractivity contribution is -0.387. The number of rotatable bonds is 5. The second kappa shape index (κ2) is 5.98. The van der Waals surface area contributed by atoms with Gasteiger partial charge in [0.2, 0.25) is 9.84 Å². The fourth-order valence-corrected chi connectivity index (χ4v) is 3.46. The van der Waals surface area contributed by atoms with E-state index in [1.54, 1.807) is 6.92 Å². The minimum Gasteiger partial charge on any atom is -0.462 e. The van der Waals surface area contributed by atoms with Gasteiger partial charge in [0, 0.05) is 18.5 Å². The van der Waals surface area contributed by atoms with Crippen LogP contribution in [0.1, 0.15) is 17.3 Å². The lowest BCUT2D eigenvalue weighted by Crippen LogP contribution is -2.11. The highest BCUT2D eigenvalue weighted by molar-refractivity contribution is 7.91. The van der Waals surface area contributed by atoms with Crippen molar-refractivity contribution >= 4 is 21.5 Å². The Balaban J connectivity index is 2.61. The van der Waals surface area contributed by atoms with Crippen LogP contribution >= 0.6 is 0 Å². The molecule has 1 heterocycles. The molecule has 116 valence electrons. The maximum Gasteiger partial charge on any atom is 0.341 e. The van der Waals surface area contributed by atoms with Crippen molar-refractivity contribution in [3.8, 4) is 0 Å². The van der Waals surface area contributed by atoms with Gasteiger partial charge in [0.25, 0.3) is 5.69 Å². The van der Waals surface area contributed by atoms with Crippen molar-refractivity contribution in [3.05, 3.63) is 52.3 Å². The highest BCUT2D eigenvalue weighted by Crippen LogP contribution is 2.30. The fourth-order valence-electron chi connectivity index (χ4n) is 1.89. The molecule has 1 aromatic heterocycles. The summed E-state index contributed by atoms with van der Waals surface area (Å²) in [5.41, 5.74) is -0.751. The zero-order chi connectivity index (χ0) is 16.3. The fraction of sp³-hybridized carbons (Fsp3) is 0.154. The summed E-state index contributed by atoms with van der Waals surface area (Å²) in [5.74, 6) is -0.819. The summed E-state index contributed by atoms with van der Waals surface area (Å²) in [6.45, 7) is 1.66. The average Bonchev–Trinajstić information content (AvgIpc) is 2.97. The van der Waals surface area contributed by atoms with E-state index in [0.717, 1.165) is 18.3 Å². The van der Waals surface area contributed by atoms with Crippen molar-refractivity contribution in [2.24, 2.45) is 0 Å². The lowest BCUT2D eigenvalue weighted by atomic mass is 10.3. The van der Waals surface area contributed by atoms with E-state index in [9.17, 15) is 23.3 Å². The molecule has 0 spiro atoms. The number of carbonyl (C=O) groups excluding carboxylic acids is 1. The van der Waals surface area contributed by atoms with Crippen molar-refractivity contribution in [1.82, 2.24) is 4.98 Å². The molecule has 0 atom stereocenters. The number of benzene rings is 1. The van der Waals surface area contributed by atoms with Crippen LogP contribution in [-0.2, 0) is 14.6 Å². The van der Waals surface area contributed by atoms with E-state index in [0.29, 0.717) is 0 Å². The Labute approximate surface area is 125 Å². The van der Waals surface area contributed by atoms with Gasteiger partial charge in [-0.2, -0.15) is 0 Å². The Morgan fingerprint density at radius 1 is 1.27 bits per heavy atom. The first kappa shape index (κ1) is 15.7. The van der Waals surface area contributed by atoms with Gasteiger partial charge in [0.1, 0.15) is 9.79 Å². The van der Waals surface area contributed by atoms with Crippen LogP contribution in [0.15, 0.2) is 46.5 Å². The van der Waals surface area contributed by atoms with Crippen LogP contribution in [0, 0.1) is 10.1 Å². The first-order chi connectivity index (χ1) is 10.4. The van der Waals surface area contributed by atoms with Crippen molar-refractivity contribution in [3.63, 3.8) is 0 Å². The van der Waals surface area contributed by atoms with E-state index in [2.05, 4.69) is 4.98 Å². The number of sulfone groups is 1. The lowest BCUT2D eigenvalue weighted by Gasteiger charge is -2.06. The van der Waals surface area contributed by atoms with E-state index >= 15 is 0 Å². The largest absolute Gasteiger partial charge is 0.462 e. The first-order valence-corrected chi connectivity index (χ1v) is 7.70. The molecule has 0 amide bonds. The second-order valence-corrected chi connectivity index (χ2v) is 6.07. The summed E-state index contributed by atoms with van der Waals surface area (Å²) < 4.78 is 30.0. The van der Waals surface area contributed by atoms with Gasteiger partial charge >= 0.3 is 5.97 Å². The van der Waals surface area contributed by atoms with Gasteiger partial charge in [-0.15, -0.1) is 0 Å². The average molecular weight is 324 g/mol. The van der Waals surface area contributed by atoms with Gasteiger partial charge in [-0.3, -0.25) is 10.1 Å². The number of hydrogen-bond donors (Lipinski definition) is 1. The van der Waals surface area contributed by atoms with E-state index in [-0.39, 0.29) is 17.1 Å². The Morgan fingerprint density at radius 2 is 1.95 bits per heavy atom. The number of esters is 1. The normalized spacial score (nSPS) is 11.1. The van der Waals surface area contributed by atoms with Crippen LogP contribution in [0.3, 0.4) is 0 Å². The van der Waals surface area contributed by atoms with Crippen molar-refractivity contribution in [1.29, 1.82) is 0 Å². The summed E-state index contributed by atoms with van der Waals surface area (Å²) in [7, 11) is -4.24. The summed E-state index contributed by atoms with van der Waals surface area (Å²) in [4.78, 5) is 23.7. The van der Waals surface area contributed by atoms with Gasteiger partial charge in [0.05, 0.1) is 17.1 Å². The number of ether oxygens (including phenoxy) is 1. The van der Waals surface area contributed by atoms with Crippen molar-refractivity contribution in [2.75, 3.05) is 6.61 Å². The summed E-state index contributed by atoms with van der Waals surface area (Å²) >= 11 is 0. The molecule has 0 radical (unpaired) electrons. The number of nitrogens with one attached hydrogen (secondary N) is 1. The molecule has 0 fully saturated rings. The second-order valence-electron chi connectivity index (χ2n) is 4.18. The van der Waals surface area contributed by atoms with E-state index in [1.807, 2.05) is 0 Å². The van der Waals surface area contributed by atoms with Gasteiger partial charge in [-0.1, -0.05) is 12.1 Å². The number of nitro benzene ring substituents is 1. The number of nitrogens with zero attached hydrogens (tertiary/aromatic N) is 1. The Kier molecular flexibility index (Phi) is 4.27. The number of aromatic amines is 1. The molecule has 0 saturated heterocycles. The molecule has 0 bridgehead atoms. The quantitative estimate of drug-likeness (QED) is 0.510. The molecule has 2 aromatic rings. The number of nitro groups is 1. The Hall–Kier alpha value is -2.68. The molecule has 0 aliphatic rings. The SMILES string of the molecule is CCOC(=O)c1c[nH]cc1S(=O)(=O)c1ccccc1[N+](=O)[O-]. The predicted molar refractivity (Wildman–Crippen MR) is 75.3 cm³/mol. The van der Waals surface area contributed by atoms with Crippen LogP contribution < -0.4 is 0 Å². The molecular formula is C13H12N2O6S. The highest BCUT2D eigenvalue weighted by atomic mass is 32.2. The maximum absolute atomic E-state index is 12.6. The third kappa shape index (κ3) is 2.70. The zero-order valence-corrected chi connectivity index (χ0v) is 12.3. The summed E-state index contributed by atoms with van der Waals surface area (Å²) in [5, 5.41) is 11.0. The van der Waals surface area contributed by atoms with Crippen LogP contribution in [0.2, 0.25) is 0 Å². The van der Waals surface area contributed by atoms with Gasteiger partial charge in [-0.25, -0.2) is 13.2 Å². The number of H-pyrrole nitrogens is 1. The van der Waals surface area contributed by atoms with Crippen molar-refractivity contribution in [2.45, 2.75) is 16.7 Å². The third-order valence-electron chi connectivity index (χ3n) is 2.84.